The van der Waals surface area contributed by atoms with Gasteiger partial charge in [0.25, 0.3) is 7.41 Å². The van der Waals surface area contributed by atoms with E-state index in [2.05, 4.69) is 38.1 Å². The average Bonchev–Trinajstić information content (AvgIpc) is 2.41. The van der Waals surface area contributed by atoms with Crippen LogP contribution in [0, 0.1) is 0 Å². The minimum absolute atomic E-state index is 0.0961. The number of nitrogens with one attached hydrogen (secondary N) is 1. The van der Waals surface area contributed by atoms with Gasteiger partial charge in [-0.15, -0.1) is 0 Å². The zero-order chi connectivity index (χ0) is 17.7. The summed E-state index contributed by atoms with van der Waals surface area (Å²) in [6.07, 6.45) is 1.24. The summed E-state index contributed by atoms with van der Waals surface area (Å²) in [6, 6.07) is 7.70. The maximum atomic E-state index is 12.3. The lowest BCUT2D eigenvalue weighted by atomic mass is 9.86. The third-order valence-electron chi connectivity index (χ3n) is 3.40. The number of hydrogen-bond donors (Lipinski definition) is 1. The van der Waals surface area contributed by atoms with Gasteiger partial charge >= 0.3 is 5.97 Å². The molecular formula is C18H28BNO3. The van der Waals surface area contributed by atoms with Gasteiger partial charge in [-0.05, 0) is 43.7 Å². The highest BCUT2D eigenvalue weighted by molar-refractivity contribution is 6.64. The van der Waals surface area contributed by atoms with Crippen molar-refractivity contribution in [3.63, 3.8) is 0 Å². The summed E-state index contributed by atoms with van der Waals surface area (Å²) < 4.78 is 5.43. The summed E-state index contributed by atoms with van der Waals surface area (Å²) in [4.78, 5) is 22.9. The molecule has 0 unspecified atom stereocenters. The van der Waals surface area contributed by atoms with Gasteiger partial charge in [0.1, 0.15) is 11.6 Å². The molecule has 0 aromatic heterocycles. The topological polar surface area (TPSA) is 55.4 Å². The van der Waals surface area contributed by atoms with Crippen molar-refractivity contribution in [2.75, 3.05) is 0 Å². The molecule has 126 valence electrons. The number of rotatable bonds is 6. The third kappa shape index (κ3) is 7.00. The fraction of sp³-hybridized carbons (Fsp3) is 0.556. The van der Waals surface area contributed by atoms with Crippen molar-refractivity contribution in [1.82, 2.24) is 5.23 Å². The lowest BCUT2D eigenvalue weighted by molar-refractivity contribution is -0.156. The first-order valence-electron chi connectivity index (χ1n) is 8.02. The minimum atomic E-state index is -0.547. The van der Waals surface area contributed by atoms with Crippen molar-refractivity contribution in [3.8, 4) is 0 Å². The molecule has 0 aliphatic carbocycles. The zero-order valence-corrected chi connectivity index (χ0v) is 15.1. The molecule has 1 N–H and O–H groups in total. The van der Waals surface area contributed by atoms with E-state index < -0.39 is 11.6 Å². The van der Waals surface area contributed by atoms with Gasteiger partial charge in [-0.3, -0.25) is 4.79 Å². The predicted octanol–water partition coefficient (Wildman–Crippen LogP) is 2.37. The Balaban J connectivity index is 2.84. The fourth-order valence-corrected chi connectivity index (χ4v) is 2.18. The molecule has 0 fully saturated rings. The van der Waals surface area contributed by atoms with Crippen molar-refractivity contribution < 1.29 is 14.3 Å². The molecule has 0 bridgehead atoms. The third-order valence-corrected chi connectivity index (χ3v) is 3.40. The van der Waals surface area contributed by atoms with Crippen LogP contribution in [0.1, 0.15) is 52.7 Å². The van der Waals surface area contributed by atoms with Crippen LogP contribution in [0.5, 0.6) is 0 Å². The second-order valence-electron chi connectivity index (χ2n) is 7.81. The van der Waals surface area contributed by atoms with E-state index in [1.165, 1.54) is 5.56 Å². The van der Waals surface area contributed by atoms with Crippen LogP contribution in [-0.4, -0.2) is 31.2 Å². The van der Waals surface area contributed by atoms with E-state index in [1.54, 1.807) is 0 Å². The van der Waals surface area contributed by atoms with Crippen molar-refractivity contribution in [3.05, 3.63) is 35.4 Å². The monoisotopic (exact) mass is 317 g/mol. The number of ether oxygens (including phenoxy) is 1. The molecule has 0 saturated heterocycles. The molecule has 1 rings (SSSR count). The first-order chi connectivity index (χ1) is 10.5. The maximum Gasteiger partial charge on any atom is 0.322 e. The second-order valence-corrected chi connectivity index (χ2v) is 7.81. The summed E-state index contributed by atoms with van der Waals surface area (Å²) in [5.41, 5.74) is 1.83. The van der Waals surface area contributed by atoms with Gasteiger partial charge in [-0.25, -0.2) is 0 Å². The molecule has 0 aliphatic heterocycles. The Morgan fingerprint density at radius 3 is 2.17 bits per heavy atom. The van der Waals surface area contributed by atoms with Crippen molar-refractivity contribution in [1.29, 1.82) is 0 Å². The average molecular weight is 317 g/mol. The quantitative estimate of drug-likeness (QED) is 0.497. The van der Waals surface area contributed by atoms with Crippen LogP contribution in [0.2, 0.25) is 0 Å². The van der Waals surface area contributed by atoms with Crippen LogP contribution in [0.3, 0.4) is 0 Å². The summed E-state index contributed by atoms with van der Waals surface area (Å²) in [5, 5.41) is 2.94. The Kier molecular flexibility index (Phi) is 6.57. The lowest BCUT2D eigenvalue weighted by Crippen LogP contribution is -2.44. The number of esters is 1. The van der Waals surface area contributed by atoms with E-state index in [4.69, 9.17) is 4.74 Å². The van der Waals surface area contributed by atoms with E-state index in [1.807, 2.05) is 32.9 Å². The molecular weight excluding hydrogens is 289 g/mol. The SMILES string of the molecule is CC(C)(C)OC(=O)[C@H](Cc1ccc(C(C)(C)C)cc1)NBC=O. The molecule has 0 amide bonds. The van der Waals surface area contributed by atoms with Gasteiger partial charge in [-0.2, -0.15) is 0 Å². The van der Waals surface area contributed by atoms with Crippen molar-refractivity contribution in [2.45, 2.75) is 65.0 Å². The molecule has 1 atom stereocenters. The molecule has 1 aromatic rings. The molecule has 0 saturated carbocycles. The van der Waals surface area contributed by atoms with Crippen LogP contribution < -0.4 is 5.23 Å². The van der Waals surface area contributed by atoms with E-state index in [0.29, 0.717) is 6.42 Å². The summed E-state index contributed by atoms with van der Waals surface area (Å²) in [6.45, 7) is 12.0. The van der Waals surface area contributed by atoms with Crippen LogP contribution in [0.15, 0.2) is 24.3 Å². The lowest BCUT2D eigenvalue weighted by Gasteiger charge is -2.24. The van der Waals surface area contributed by atoms with E-state index >= 15 is 0 Å². The van der Waals surface area contributed by atoms with Crippen molar-refractivity contribution >= 4 is 19.6 Å². The molecule has 0 radical (unpaired) electrons. The van der Waals surface area contributed by atoms with Crippen LogP contribution in [0.25, 0.3) is 0 Å². The number of hydrogen-bond acceptors (Lipinski definition) is 4. The van der Waals surface area contributed by atoms with Crippen LogP contribution >= 0.6 is 0 Å². The molecule has 0 spiro atoms. The number of benzene rings is 1. The molecule has 23 heavy (non-hydrogen) atoms. The largest absolute Gasteiger partial charge is 0.459 e. The molecule has 0 aliphatic rings. The van der Waals surface area contributed by atoms with Gasteiger partial charge in [-0.1, -0.05) is 45.0 Å². The van der Waals surface area contributed by atoms with Gasteiger partial charge in [0.15, 0.2) is 0 Å². The smallest absolute Gasteiger partial charge is 0.322 e. The first-order valence-corrected chi connectivity index (χ1v) is 8.02. The van der Waals surface area contributed by atoms with Gasteiger partial charge in [0.05, 0.1) is 6.19 Å². The number of carbonyl (C=O) groups excluding carboxylic acids is 2. The Labute approximate surface area is 140 Å². The normalized spacial score (nSPS) is 13.3. The standard InChI is InChI=1S/C18H28BNO3/c1-17(2,3)14-9-7-13(8-10-14)11-15(20-19-12-21)16(22)23-18(4,5)6/h7-10,12,15,19-20H,11H2,1-6H3/t15-/m0/s1. The summed E-state index contributed by atoms with van der Waals surface area (Å²) in [5.74, 6) is -0.334. The van der Waals surface area contributed by atoms with Gasteiger partial charge in [0.2, 0.25) is 0 Å². The fourth-order valence-electron chi connectivity index (χ4n) is 2.18. The van der Waals surface area contributed by atoms with E-state index in [-0.39, 0.29) is 18.8 Å². The second kappa shape index (κ2) is 7.78. The molecule has 0 heterocycles. The summed E-state index contributed by atoms with van der Waals surface area (Å²) in [7, 11) is 0.129. The van der Waals surface area contributed by atoms with Gasteiger partial charge in [0, 0.05) is 0 Å². The molecule has 1 aromatic carbocycles. The van der Waals surface area contributed by atoms with E-state index in [9.17, 15) is 9.59 Å². The van der Waals surface area contributed by atoms with Crippen LogP contribution in [0.4, 0.5) is 0 Å². The molecule has 4 nitrogen and oxygen atoms in total. The first kappa shape index (κ1) is 19.4. The Morgan fingerprint density at radius 1 is 1.17 bits per heavy atom. The Bertz CT molecular complexity index is 527. The number of carbonyl (C=O) groups is 2. The zero-order valence-electron chi connectivity index (χ0n) is 15.1. The summed E-state index contributed by atoms with van der Waals surface area (Å²) >= 11 is 0. The Morgan fingerprint density at radius 2 is 1.74 bits per heavy atom. The predicted molar refractivity (Wildman–Crippen MR) is 95.5 cm³/mol. The highest BCUT2D eigenvalue weighted by Crippen LogP contribution is 2.22. The van der Waals surface area contributed by atoms with Gasteiger partial charge < -0.3 is 14.8 Å². The minimum Gasteiger partial charge on any atom is -0.459 e. The highest BCUT2D eigenvalue weighted by Gasteiger charge is 2.25. The maximum absolute atomic E-state index is 12.3. The molecule has 5 heteroatoms. The van der Waals surface area contributed by atoms with Crippen LogP contribution in [-0.2, 0) is 26.2 Å². The highest BCUT2D eigenvalue weighted by atomic mass is 16.6. The van der Waals surface area contributed by atoms with Crippen molar-refractivity contribution in [2.24, 2.45) is 0 Å². The Hall–Kier alpha value is -1.62. The van der Waals surface area contributed by atoms with E-state index in [0.717, 1.165) is 11.7 Å².